The Kier molecular flexibility index (Phi) is 4.50. The summed E-state index contributed by atoms with van der Waals surface area (Å²) in [7, 11) is 0. The smallest absolute Gasteiger partial charge is 0.319 e. The monoisotopic (exact) mass is 327 g/mol. The van der Waals surface area contributed by atoms with Crippen LogP contribution in [-0.4, -0.2) is 37.0 Å². The summed E-state index contributed by atoms with van der Waals surface area (Å²) < 4.78 is 7.02. The number of amides is 2. The van der Waals surface area contributed by atoms with E-state index in [9.17, 15) is 4.79 Å². The highest BCUT2D eigenvalue weighted by atomic mass is 16.4. The fourth-order valence-corrected chi connectivity index (χ4v) is 2.15. The van der Waals surface area contributed by atoms with E-state index in [1.54, 1.807) is 42.2 Å². The Morgan fingerprint density at radius 1 is 1.29 bits per heavy atom. The molecule has 3 rings (SSSR count). The number of aryl methyl sites for hydroxylation is 1. The molecule has 0 radical (unpaired) electrons. The van der Waals surface area contributed by atoms with Crippen molar-refractivity contribution >= 4 is 11.7 Å². The molecule has 24 heavy (non-hydrogen) atoms. The van der Waals surface area contributed by atoms with Crippen LogP contribution in [-0.2, 0) is 6.54 Å². The Hall–Kier alpha value is -3.23. The lowest BCUT2D eigenvalue weighted by Gasteiger charge is -2.14. The van der Waals surface area contributed by atoms with Crippen molar-refractivity contribution in [1.29, 1.82) is 0 Å². The van der Waals surface area contributed by atoms with Gasteiger partial charge in [0, 0.05) is 24.2 Å². The van der Waals surface area contributed by atoms with Gasteiger partial charge in [0.25, 0.3) is 0 Å². The fraction of sp³-hybridized carbons (Fsp3) is 0.267. The molecule has 3 aromatic rings. The second-order valence-electron chi connectivity index (χ2n) is 5.32. The predicted molar refractivity (Wildman–Crippen MR) is 86.1 cm³/mol. The lowest BCUT2D eigenvalue weighted by molar-refractivity contribution is 0.247. The Labute approximate surface area is 138 Å². The minimum atomic E-state index is -0.288. The summed E-state index contributed by atoms with van der Waals surface area (Å²) in [6.45, 7) is 4.17. The highest BCUT2D eigenvalue weighted by molar-refractivity contribution is 5.89. The van der Waals surface area contributed by atoms with Crippen molar-refractivity contribution in [3.05, 3.63) is 42.8 Å². The number of benzene rings is 1. The molecule has 0 aliphatic rings. The number of nitrogens with one attached hydrogen (secondary N) is 2. The summed E-state index contributed by atoms with van der Waals surface area (Å²) in [6.07, 6.45) is 3.06. The van der Waals surface area contributed by atoms with Gasteiger partial charge in [-0.05, 0) is 31.2 Å². The fourth-order valence-electron chi connectivity index (χ4n) is 2.15. The minimum absolute atomic E-state index is 0.0904. The molecule has 0 bridgehead atoms. The molecule has 1 atom stereocenters. The van der Waals surface area contributed by atoms with E-state index in [0.717, 1.165) is 5.56 Å². The average Bonchev–Trinajstić information content (AvgIpc) is 3.19. The highest BCUT2D eigenvalue weighted by Gasteiger charge is 2.10. The van der Waals surface area contributed by atoms with Crippen LogP contribution in [0.15, 0.2) is 41.3 Å². The number of hydrogen-bond donors (Lipinski definition) is 2. The van der Waals surface area contributed by atoms with Crippen LogP contribution in [0.5, 0.6) is 0 Å². The number of nitrogens with zero attached hydrogens (tertiary/aromatic N) is 5. The first-order valence-electron chi connectivity index (χ1n) is 7.40. The average molecular weight is 327 g/mol. The van der Waals surface area contributed by atoms with E-state index in [1.165, 1.54) is 6.33 Å². The van der Waals surface area contributed by atoms with E-state index < -0.39 is 0 Å². The Morgan fingerprint density at radius 3 is 2.71 bits per heavy atom. The van der Waals surface area contributed by atoms with E-state index >= 15 is 0 Å². The number of rotatable bonds is 5. The molecule has 9 heteroatoms. The molecule has 2 aromatic heterocycles. The van der Waals surface area contributed by atoms with Crippen molar-refractivity contribution in [2.45, 2.75) is 26.4 Å². The van der Waals surface area contributed by atoms with Gasteiger partial charge in [0.15, 0.2) is 0 Å². The molecule has 1 unspecified atom stereocenters. The number of urea groups is 1. The summed E-state index contributed by atoms with van der Waals surface area (Å²) >= 11 is 0. The van der Waals surface area contributed by atoms with Gasteiger partial charge in [0.05, 0.1) is 6.54 Å². The summed E-state index contributed by atoms with van der Waals surface area (Å²) in [6, 6.07) is 6.78. The van der Waals surface area contributed by atoms with E-state index in [4.69, 9.17) is 4.42 Å². The third kappa shape index (κ3) is 3.94. The molecule has 0 fully saturated rings. The topological polar surface area (TPSA) is 111 Å². The van der Waals surface area contributed by atoms with E-state index in [2.05, 4.69) is 30.9 Å². The Balaban J connectivity index is 1.54. The first kappa shape index (κ1) is 15.7. The van der Waals surface area contributed by atoms with Crippen molar-refractivity contribution in [2.24, 2.45) is 0 Å². The number of carbonyl (C=O) groups is 1. The van der Waals surface area contributed by atoms with Crippen LogP contribution in [0, 0.1) is 6.92 Å². The summed E-state index contributed by atoms with van der Waals surface area (Å²) in [4.78, 5) is 15.9. The standard InChI is InChI=1S/C15H17N7O2/c1-10(7-22-9-16-8-17-22)18-15(23)19-13-5-3-12(4-6-13)14-21-20-11(2)24-14/h3-6,8-10H,7H2,1-2H3,(H2,18,19,23). The number of aromatic nitrogens is 5. The van der Waals surface area contributed by atoms with Gasteiger partial charge in [-0.3, -0.25) is 4.68 Å². The predicted octanol–water partition coefficient (Wildman–Crippen LogP) is 1.85. The highest BCUT2D eigenvalue weighted by Crippen LogP contribution is 2.19. The second-order valence-corrected chi connectivity index (χ2v) is 5.32. The van der Waals surface area contributed by atoms with Gasteiger partial charge in [-0.2, -0.15) is 5.10 Å². The maximum Gasteiger partial charge on any atom is 0.319 e. The quantitative estimate of drug-likeness (QED) is 0.740. The summed E-state index contributed by atoms with van der Waals surface area (Å²) in [5.74, 6) is 0.956. The largest absolute Gasteiger partial charge is 0.421 e. The summed E-state index contributed by atoms with van der Waals surface area (Å²) in [5.41, 5.74) is 1.46. The van der Waals surface area contributed by atoms with Crippen LogP contribution in [0.25, 0.3) is 11.5 Å². The SMILES string of the molecule is Cc1nnc(-c2ccc(NC(=O)NC(C)Cn3cncn3)cc2)o1. The van der Waals surface area contributed by atoms with Gasteiger partial charge in [0.2, 0.25) is 11.8 Å². The molecular formula is C15H17N7O2. The zero-order chi connectivity index (χ0) is 16.9. The minimum Gasteiger partial charge on any atom is -0.421 e. The number of anilines is 1. The third-order valence-electron chi connectivity index (χ3n) is 3.22. The maximum atomic E-state index is 12.0. The van der Waals surface area contributed by atoms with Crippen molar-refractivity contribution < 1.29 is 9.21 Å². The van der Waals surface area contributed by atoms with Crippen molar-refractivity contribution in [3.8, 4) is 11.5 Å². The molecule has 2 heterocycles. The Bertz CT molecular complexity index is 796. The van der Waals surface area contributed by atoms with Gasteiger partial charge in [-0.25, -0.2) is 9.78 Å². The molecular weight excluding hydrogens is 310 g/mol. The van der Waals surface area contributed by atoms with Crippen LogP contribution in [0.4, 0.5) is 10.5 Å². The van der Waals surface area contributed by atoms with Gasteiger partial charge in [0.1, 0.15) is 12.7 Å². The molecule has 124 valence electrons. The molecule has 0 aliphatic heterocycles. The number of hydrogen-bond acceptors (Lipinski definition) is 6. The van der Waals surface area contributed by atoms with Crippen LogP contribution in [0.1, 0.15) is 12.8 Å². The zero-order valence-electron chi connectivity index (χ0n) is 13.3. The lowest BCUT2D eigenvalue weighted by Crippen LogP contribution is -2.38. The lowest BCUT2D eigenvalue weighted by atomic mass is 10.2. The Morgan fingerprint density at radius 2 is 2.08 bits per heavy atom. The molecule has 0 spiro atoms. The maximum absolute atomic E-state index is 12.0. The van der Waals surface area contributed by atoms with Crippen molar-refractivity contribution in [3.63, 3.8) is 0 Å². The van der Waals surface area contributed by atoms with Crippen LogP contribution in [0.3, 0.4) is 0 Å². The summed E-state index contributed by atoms with van der Waals surface area (Å²) in [5, 5.41) is 17.4. The van der Waals surface area contributed by atoms with Gasteiger partial charge < -0.3 is 15.1 Å². The van der Waals surface area contributed by atoms with Crippen molar-refractivity contribution in [2.75, 3.05) is 5.32 Å². The molecule has 0 aliphatic carbocycles. The van der Waals surface area contributed by atoms with E-state index in [1.807, 2.05) is 6.92 Å². The molecule has 2 amide bonds. The van der Waals surface area contributed by atoms with Crippen molar-refractivity contribution in [1.82, 2.24) is 30.3 Å². The molecule has 0 saturated carbocycles. The van der Waals surface area contributed by atoms with Crippen LogP contribution in [0.2, 0.25) is 0 Å². The molecule has 9 nitrogen and oxygen atoms in total. The normalized spacial score (nSPS) is 11.9. The first-order chi connectivity index (χ1) is 11.6. The zero-order valence-corrected chi connectivity index (χ0v) is 13.3. The molecule has 1 aromatic carbocycles. The van der Waals surface area contributed by atoms with Crippen LogP contribution < -0.4 is 10.6 Å². The molecule has 0 saturated heterocycles. The second kappa shape index (κ2) is 6.90. The van der Waals surface area contributed by atoms with Gasteiger partial charge in [-0.1, -0.05) is 0 Å². The number of carbonyl (C=O) groups excluding carboxylic acids is 1. The van der Waals surface area contributed by atoms with Gasteiger partial charge in [-0.15, -0.1) is 10.2 Å². The molecule has 2 N–H and O–H groups in total. The third-order valence-corrected chi connectivity index (χ3v) is 3.22. The van der Waals surface area contributed by atoms with E-state index in [0.29, 0.717) is 24.0 Å². The first-order valence-corrected chi connectivity index (χ1v) is 7.40. The van der Waals surface area contributed by atoms with E-state index in [-0.39, 0.29) is 12.1 Å². The van der Waals surface area contributed by atoms with Crippen LogP contribution >= 0.6 is 0 Å². The van der Waals surface area contributed by atoms with Gasteiger partial charge >= 0.3 is 6.03 Å².